The van der Waals surface area contributed by atoms with E-state index in [1.807, 2.05) is 30.5 Å². The maximum absolute atomic E-state index is 12.3. The normalized spacial score (nSPS) is 10.6. The van der Waals surface area contributed by atoms with E-state index in [-0.39, 0.29) is 18.2 Å². The number of H-pyrrole nitrogens is 1. The molecule has 1 aromatic heterocycles. The molecule has 0 aliphatic rings. The number of rotatable bonds is 4. The van der Waals surface area contributed by atoms with Crippen LogP contribution in [0.15, 0.2) is 48.7 Å². The van der Waals surface area contributed by atoms with E-state index in [0.717, 1.165) is 16.5 Å². The summed E-state index contributed by atoms with van der Waals surface area (Å²) < 4.78 is 0. The zero-order valence-corrected chi connectivity index (χ0v) is 13.8. The van der Waals surface area contributed by atoms with Crippen LogP contribution in [-0.2, 0) is 11.2 Å². The Morgan fingerprint density at radius 1 is 1.17 bits per heavy atom. The summed E-state index contributed by atoms with van der Waals surface area (Å²) >= 11 is 6.11. The first-order chi connectivity index (χ1) is 11.6. The SMILES string of the molecule is CNC(=O)c1ccc(Cl)c(NC(=O)Cc2c[nH]c3ccccc23)c1. The molecule has 6 heteroatoms. The molecule has 0 fully saturated rings. The topological polar surface area (TPSA) is 74.0 Å². The zero-order chi connectivity index (χ0) is 17.1. The van der Waals surface area contributed by atoms with E-state index in [2.05, 4.69) is 15.6 Å². The molecule has 5 nitrogen and oxygen atoms in total. The number of anilines is 1. The largest absolute Gasteiger partial charge is 0.361 e. The predicted octanol–water partition coefficient (Wildman–Crippen LogP) is 3.36. The number of para-hydroxylation sites is 1. The molecule has 3 rings (SSSR count). The molecular formula is C18H16ClN3O2. The molecule has 2 aromatic carbocycles. The van der Waals surface area contributed by atoms with Crippen molar-refractivity contribution >= 4 is 40.0 Å². The second-order valence-electron chi connectivity index (χ2n) is 5.36. The molecule has 24 heavy (non-hydrogen) atoms. The average molecular weight is 342 g/mol. The van der Waals surface area contributed by atoms with Crippen molar-refractivity contribution < 1.29 is 9.59 Å². The molecule has 0 aliphatic heterocycles. The summed E-state index contributed by atoms with van der Waals surface area (Å²) in [7, 11) is 1.55. The van der Waals surface area contributed by atoms with Crippen molar-refractivity contribution in [2.45, 2.75) is 6.42 Å². The Morgan fingerprint density at radius 2 is 1.96 bits per heavy atom. The van der Waals surface area contributed by atoms with E-state index >= 15 is 0 Å². The second-order valence-corrected chi connectivity index (χ2v) is 5.77. The van der Waals surface area contributed by atoms with Crippen molar-refractivity contribution in [2.75, 3.05) is 12.4 Å². The van der Waals surface area contributed by atoms with Gasteiger partial charge in [-0.2, -0.15) is 0 Å². The minimum absolute atomic E-state index is 0.198. The van der Waals surface area contributed by atoms with Crippen LogP contribution in [0, 0.1) is 0 Å². The summed E-state index contributed by atoms with van der Waals surface area (Å²) in [4.78, 5) is 27.2. The van der Waals surface area contributed by atoms with Crippen molar-refractivity contribution in [3.05, 3.63) is 64.8 Å². The molecule has 0 bridgehead atoms. The van der Waals surface area contributed by atoms with Crippen LogP contribution in [0.4, 0.5) is 5.69 Å². The van der Waals surface area contributed by atoms with Gasteiger partial charge in [0.25, 0.3) is 5.91 Å². The molecular weight excluding hydrogens is 326 g/mol. The van der Waals surface area contributed by atoms with E-state index in [0.29, 0.717) is 16.3 Å². The molecule has 1 heterocycles. The predicted molar refractivity (Wildman–Crippen MR) is 95.5 cm³/mol. The van der Waals surface area contributed by atoms with E-state index in [1.165, 1.54) is 0 Å². The van der Waals surface area contributed by atoms with E-state index in [9.17, 15) is 9.59 Å². The number of hydrogen-bond acceptors (Lipinski definition) is 2. The number of fused-ring (bicyclic) bond motifs is 1. The number of aromatic amines is 1. The fraction of sp³-hybridized carbons (Fsp3) is 0.111. The van der Waals surface area contributed by atoms with Gasteiger partial charge in [-0.05, 0) is 29.8 Å². The summed E-state index contributed by atoms with van der Waals surface area (Å²) in [6.07, 6.45) is 2.04. The van der Waals surface area contributed by atoms with Gasteiger partial charge in [-0.3, -0.25) is 9.59 Å². The molecule has 0 saturated carbocycles. The van der Waals surface area contributed by atoms with Crippen molar-refractivity contribution in [3.8, 4) is 0 Å². The van der Waals surface area contributed by atoms with Crippen LogP contribution in [-0.4, -0.2) is 23.8 Å². The van der Waals surface area contributed by atoms with Crippen LogP contribution in [0.3, 0.4) is 0 Å². The number of carbonyl (C=O) groups excluding carboxylic acids is 2. The molecule has 0 aliphatic carbocycles. The first-order valence-corrected chi connectivity index (χ1v) is 7.83. The second kappa shape index (κ2) is 6.76. The molecule has 3 N–H and O–H groups in total. The Kier molecular flexibility index (Phi) is 4.53. The maximum Gasteiger partial charge on any atom is 0.251 e. The van der Waals surface area contributed by atoms with Crippen LogP contribution in [0.5, 0.6) is 0 Å². The highest BCUT2D eigenvalue weighted by Crippen LogP contribution is 2.24. The van der Waals surface area contributed by atoms with Crippen molar-refractivity contribution in [3.63, 3.8) is 0 Å². The number of benzene rings is 2. The van der Waals surface area contributed by atoms with Gasteiger partial charge >= 0.3 is 0 Å². The van der Waals surface area contributed by atoms with Crippen LogP contribution in [0.2, 0.25) is 5.02 Å². The average Bonchev–Trinajstić information content (AvgIpc) is 2.99. The lowest BCUT2D eigenvalue weighted by atomic mass is 10.1. The molecule has 0 unspecified atom stereocenters. The van der Waals surface area contributed by atoms with Gasteiger partial charge in [0.05, 0.1) is 17.1 Å². The highest BCUT2D eigenvalue weighted by Gasteiger charge is 2.12. The van der Waals surface area contributed by atoms with Crippen LogP contribution in [0.25, 0.3) is 10.9 Å². The van der Waals surface area contributed by atoms with Gasteiger partial charge in [-0.1, -0.05) is 29.8 Å². The number of hydrogen-bond donors (Lipinski definition) is 3. The molecule has 0 saturated heterocycles. The van der Waals surface area contributed by atoms with Crippen LogP contribution >= 0.6 is 11.6 Å². The summed E-state index contributed by atoms with van der Waals surface area (Å²) in [5.74, 6) is -0.436. The fourth-order valence-electron chi connectivity index (χ4n) is 2.55. The molecule has 2 amide bonds. The zero-order valence-electron chi connectivity index (χ0n) is 13.0. The highest BCUT2D eigenvalue weighted by molar-refractivity contribution is 6.34. The molecule has 3 aromatic rings. The third-order valence-electron chi connectivity index (χ3n) is 3.76. The lowest BCUT2D eigenvalue weighted by molar-refractivity contribution is -0.115. The molecule has 0 spiro atoms. The van der Waals surface area contributed by atoms with Crippen LogP contribution < -0.4 is 10.6 Å². The third kappa shape index (κ3) is 3.26. The highest BCUT2D eigenvalue weighted by atomic mass is 35.5. The first kappa shape index (κ1) is 16.1. The molecule has 122 valence electrons. The number of aromatic nitrogens is 1. The number of nitrogens with one attached hydrogen (secondary N) is 3. The number of carbonyl (C=O) groups is 2. The van der Waals surface area contributed by atoms with Gasteiger partial charge in [-0.15, -0.1) is 0 Å². The van der Waals surface area contributed by atoms with E-state index in [4.69, 9.17) is 11.6 Å². The van der Waals surface area contributed by atoms with Gasteiger partial charge < -0.3 is 15.6 Å². The summed E-state index contributed by atoms with van der Waals surface area (Å²) in [6.45, 7) is 0. The van der Waals surface area contributed by atoms with Crippen molar-refractivity contribution in [1.29, 1.82) is 0 Å². The molecule has 0 radical (unpaired) electrons. The quantitative estimate of drug-likeness (QED) is 0.680. The van der Waals surface area contributed by atoms with Crippen LogP contribution in [0.1, 0.15) is 15.9 Å². The first-order valence-electron chi connectivity index (χ1n) is 7.45. The van der Waals surface area contributed by atoms with Gasteiger partial charge in [-0.25, -0.2) is 0 Å². The Labute approximate surface area is 144 Å². The van der Waals surface area contributed by atoms with Gasteiger partial charge in [0.1, 0.15) is 0 Å². The van der Waals surface area contributed by atoms with E-state index < -0.39 is 0 Å². The number of amides is 2. The monoisotopic (exact) mass is 341 g/mol. The Morgan fingerprint density at radius 3 is 2.75 bits per heavy atom. The summed E-state index contributed by atoms with van der Waals surface area (Å²) in [5, 5.41) is 6.70. The molecule has 0 atom stereocenters. The van der Waals surface area contributed by atoms with Gasteiger partial charge in [0.2, 0.25) is 5.91 Å². The third-order valence-corrected chi connectivity index (χ3v) is 4.09. The van der Waals surface area contributed by atoms with E-state index in [1.54, 1.807) is 25.2 Å². The van der Waals surface area contributed by atoms with Crippen molar-refractivity contribution in [2.24, 2.45) is 0 Å². The minimum atomic E-state index is -0.237. The Balaban J connectivity index is 1.78. The summed E-state index contributed by atoms with van der Waals surface area (Å²) in [5.41, 5.74) is 2.74. The van der Waals surface area contributed by atoms with Gasteiger partial charge in [0, 0.05) is 29.7 Å². The fourth-order valence-corrected chi connectivity index (χ4v) is 2.72. The smallest absolute Gasteiger partial charge is 0.251 e. The van der Waals surface area contributed by atoms with Crippen molar-refractivity contribution in [1.82, 2.24) is 10.3 Å². The lowest BCUT2D eigenvalue weighted by Gasteiger charge is -2.09. The maximum atomic E-state index is 12.3. The van der Waals surface area contributed by atoms with Gasteiger partial charge in [0.15, 0.2) is 0 Å². The Bertz CT molecular complexity index is 918. The summed E-state index contributed by atoms with van der Waals surface area (Å²) in [6, 6.07) is 12.6. The lowest BCUT2D eigenvalue weighted by Crippen LogP contribution is -2.19. The Hall–Kier alpha value is -2.79. The minimum Gasteiger partial charge on any atom is -0.361 e. The number of halogens is 1. The standard InChI is InChI=1S/C18H16ClN3O2/c1-20-18(24)11-6-7-14(19)16(8-11)22-17(23)9-12-10-21-15-5-3-2-4-13(12)15/h2-8,10,21H,9H2,1H3,(H,20,24)(H,22,23).